The molecule has 2 amide bonds. The van der Waals surface area contributed by atoms with E-state index in [-0.39, 0.29) is 0 Å². The number of hydrogen-bond donors (Lipinski definition) is 24. The Kier molecular flexibility index (Phi) is 25.6. The summed E-state index contributed by atoms with van der Waals surface area (Å²) in [6, 6.07) is -3.52. The average Bonchev–Trinajstić information content (AvgIpc) is 1.04. The summed E-state index contributed by atoms with van der Waals surface area (Å²) in [7, 11) is 0. The molecule has 0 aliphatic carbocycles. The quantitative estimate of drug-likeness (QED) is 0.0452. The Hall–Kier alpha value is -2.95. The molecular formula is C49H82N2O38. The second kappa shape index (κ2) is 31.1. The zero-order valence-corrected chi connectivity index (χ0v) is 47.5. The fourth-order valence-corrected chi connectivity index (χ4v) is 11.4. The van der Waals surface area contributed by atoms with Crippen molar-refractivity contribution in [3.63, 3.8) is 0 Å². The maximum absolute atomic E-state index is 12.8. The molecule has 36 atom stereocenters. The molecule has 0 aromatic heterocycles. The van der Waals surface area contributed by atoms with Crippen LogP contribution in [0.5, 0.6) is 0 Å². The summed E-state index contributed by atoms with van der Waals surface area (Å²) in [6.45, 7) is -3.22. The molecule has 89 heavy (non-hydrogen) atoms. The molecule has 7 aliphatic heterocycles. The molecule has 0 bridgehead atoms. The molecule has 40 nitrogen and oxygen atoms in total. The molecule has 24 N–H and O–H groups in total. The first-order valence-corrected chi connectivity index (χ1v) is 28.1. The van der Waals surface area contributed by atoms with Crippen molar-refractivity contribution >= 4 is 17.8 Å². The molecule has 0 spiro atoms. The third kappa shape index (κ3) is 15.7. The first-order chi connectivity index (χ1) is 41.9. The van der Waals surface area contributed by atoms with E-state index in [1.165, 1.54) is 6.92 Å². The van der Waals surface area contributed by atoms with Gasteiger partial charge >= 0.3 is 5.97 Å². The van der Waals surface area contributed by atoms with Gasteiger partial charge in [0.1, 0.15) is 159 Å². The minimum absolute atomic E-state index is 0.803. The third-order valence-corrected chi connectivity index (χ3v) is 16.3. The number of hydrogen-bond acceptors (Lipinski definition) is 37. The Morgan fingerprint density at radius 3 is 1.45 bits per heavy atom. The van der Waals surface area contributed by atoms with Crippen molar-refractivity contribution in [3.05, 3.63) is 0 Å². The van der Waals surface area contributed by atoms with Gasteiger partial charge in [0.05, 0.1) is 57.9 Å². The van der Waals surface area contributed by atoms with Crippen molar-refractivity contribution in [1.29, 1.82) is 0 Å². The Balaban J connectivity index is 1.11. The van der Waals surface area contributed by atoms with Crippen LogP contribution in [-0.2, 0) is 76.0 Å². The van der Waals surface area contributed by atoms with Gasteiger partial charge in [0.2, 0.25) is 11.8 Å². The number of carbonyl (C=O) groups is 3. The van der Waals surface area contributed by atoms with Crippen LogP contribution in [0.4, 0.5) is 0 Å². The lowest BCUT2D eigenvalue weighted by atomic mass is 9.88. The fraction of sp³-hybridized carbons (Fsp3) is 0.939. The summed E-state index contributed by atoms with van der Waals surface area (Å²) in [5.74, 6) is -6.74. The molecule has 7 heterocycles. The summed E-state index contributed by atoms with van der Waals surface area (Å²) >= 11 is 0. The maximum Gasteiger partial charge on any atom is 0.364 e. The lowest BCUT2D eigenvalue weighted by Gasteiger charge is -2.51. The molecule has 7 saturated heterocycles. The largest absolute Gasteiger partial charge is 0.477 e. The molecule has 7 fully saturated rings. The van der Waals surface area contributed by atoms with Crippen LogP contribution in [0.25, 0.3) is 0 Å². The number of rotatable bonds is 23. The number of carboxylic acids is 1. The lowest BCUT2D eigenvalue weighted by molar-refractivity contribution is -0.401. The Labute approximate surface area is 503 Å². The summed E-state index contributed by atoms with van der Waals surface area (Å²) in [4.78, 5) is 37.6. The van der Waals surface area contributed by atoms with Crippen molar-refractivity contribution in [2.75, 3.05) is 39.6 Å². The first kappa shape index (κ1) is 73.5. The van der Waals surface area contributed by atoms with Crippen LogP contribution in [0.3, 0.4) is 0 Å². The number of aliphatic hydroxyl groups is 21. The van der Waals surface area contributed by atoms with E-state index in [1.807, 2.05) is 0 Å². The molecule has 7 rings (SSSR count). The van der Waals surface area contributed by atoms with Crippen LogP contribution in [0.1, 0.15) is 27.2 Å². The number of aliphatic hydroxyl groups excluding tert-OH is 21. The van der Waals surface area contributed by atoms with E-state index in [1.54, 1.807) is 0 Å². The van der Waals surface area contributed by atoms with Gasteiger partial charge in [0.15, 0.2) is 37.7 Å². The standard InChI is InChI=1S/C49H82N2O38/c1-11-36(41(88-44-32(70)28(66)24(62)16(6-53)80-44)35(73)46(78-11)86-38-18(8-55)79-42(74)31(69)30(38)68)84-47-34(72)40(26(64)17(7-54)81-47)87-43-22(51-13(3)58)27(65)37(19(9-56)82-43)85-45-33(71)29(67)25(63)20(83-45)10-77-49(48(75)76)4-14(59)21(50-12(2)57)39(89-49)23(61)15(60)5-52/h11,14-47,52-56,59-74H,4-10H2,1-3H3,(H,50,57)(H,51,58)(H,75,76)/t11-,14-,15+,16+,17+,18+,19+,20+,21+,22+,23+,24-,25-,26-,27+,28-,29-,30+,31+,32+,33+,34+,35+,36-,37+,38+,39+,40-,41-,42+,43-,44+,45-,46+,47-,49+/m0/s1. The highest BCUT2D eigenvalue weighted by molar-refractivity contribution is 5.76. The van der Waals surface area contributed by atoms with E-state index in [4.69, 9.17) is 61.6 Å². The molecule has 0 saturated carbocycles. The molecule has 40 heteroatoms. The molecule has 0 aromatic carbocycles. The average molecular weight is 1310 g/mol. The van der Waals surface area contributed by atoms with E-state index < -0.39 is 284 Å². The molecule has 516 valence electrons. The highest BCUT2D eigenvalue weighted by Gasteiger charge is 2.60. The van der Waals surface area contributed by atoms with Gasteiger partial charge in [-0.25, -0.2) is 4.79 Å². The topological polar surface area (TPSA) is 640 Å². The van der Waals surface area contributed by atoms with Crippen molar-refractivity contribution in [2.45, 2.75) is 248 Å². The fourth-order valence-electron chi connectivity index (χ4n) is 11.4. The second-order valence-corrected chi connectivity index (χ2v) is 22.5. The van der Waals surface area contributed by atoms with Crippen LogP contribution in [-0.4, -0.2) is 390 Å². The predicted molar refractivity (Wildman–Crippen MR) is 271 cm³/mol. The van der Waals surface area contributed by atoms with Gasteiger partial charge in [-0.15, -0.1) is 0 Å². The molecule has 0 radical (unpaired) electrons. The zero-order valence-electron chi connectivity index (χ0n) is 47.5. The van der Waals surface area contributed by atoms with Gasteiger partial charge in [0, 0.05) is 20.3 Å². The number of carbonyl (C=O) groups excluding carboxylic acids is 2. The molecule has 0 aromatic rings. The van der Waals surface area contributed by atoms with Gasteiger partial charge in [-0.05, 0) is 6.92 Å². The van der Waals surface area contributed by atoms with Gasteiger partial charge in [-0.1, -0.05) is 0 Å². The van der Waals surface area contributed by atoms with E-state index in [0.29, 0.717) is 0 Å². The third-order valence-electron chi connectivity index (χ3n) is 16.3. The highest BCUT2D eigenvalue weighted by atomic mass is 16.8. The van der Waals surface area contributed by atoms with E-state index in [9.17, 15) is 127 Å². The van der Waals surface area contributed by atoms with E-state index in [0.717, 1.165) is 13.8 Å². The van der Waals surface area contributed by atoms with Crippen LogP contribution in [0.2, 0.25) is 0 Å². The Morgan fingerprint density at radius 2 is 0.910 bits per heavy atom. The van der Waals surface area contributed by atoms with Crippen LogP contribution in [0, 0.1) is 0 Å². The Bertz CT molecular complexity index is 2270. The monoisotopic (exact) mass is 1310 g/mol. The van der Waals surface area contributed by atoms with Gasteiger partial charge in [-0.2, -0.15) is 0 Å². The van der Waals surface area contributed by atoms with Crippen molar-refractivity contribution in [1.82, 2.24) is 10.6 Å². The number of nitrogens with one attached hydrogen (secondary N) is 2. The van der Waals surface area contributed by atoms with Crippen LogP contribution in [0.15, 0.2) is 0 Å². The van der Waals surface area contributed by atoms with Crippen molar-refractivity contribution in [2.24, 2.45) is 0 Å². The zero-order chi connectivity index (χ0) is 66.0. The molecule has 0 unspecified atom stereocenters. The normalized spacial score (nSPS) is 48.9. The highest BCUT2D eigenvalue weighted by Crippen LogP contribution is 2.39. The lowest BCUT2D eigenvalue weighted by Crippen LogP contribution is -2.70. The van der Waals surface area contributed by atoms with Crippen molar-refractivity contribution < 1.29 is 188 Å². The summed E-state index contributed by atoms with van der Waals surface area (Å²) in [5, 5.41) is 242. The number of amides is 2. The smallest absolute Gasteiger partial charge is 0.364 e. The summed E-state index contributed by atoms with van der Waals surface area (Å²) in [6.07, 6.45) is -67.5. The minimum atomic E-state index is -3.01. The first-order valence-electron chi connectivity index (χ1n) is 28.1. The molecule has 7 aliphatic rings. The van der Waals surface area contributed by atoms with E-state index >= 15 is 0 Å². The Morgan fingerprint density at radius 1 is 0.472 bits per heavy atom. The number of aliphatic carboxylic acids is 1. The van der Waals surface area contributed by atoms with Crippen molar-refractivity contribution in [3.8, 4) is 0 Å². The van der Waals surface area contributed by atoms with Crippen LogP contribution >= 0.6 is 0 Å². The second-order valence-electron chi connectivity index (χ2n) is 22.5. The number of ether oxygens (including phenoxy) is 13. The van der Waals surface area contributed by atoms with Gasteiger partial charge < -0.3 is 185 Å². The SMILES string of the molecule is CC(=O)N[C@H]1[C@H](O[C@H]2[C@@H](O)[C@@H](CO)O[C@@H](O[C@@H]3[C@@H](O[C@H]4O[C@H](CO)[C@H](O)[C@H](O)[C@H]4O)[C@@H](O)[C@@H](O[C@H]4[C@H](O)[C@@H](O)[C@H](O)O[C@@H]4CO)O[C@H]3C)[C@@H]2O)O[C@H](CO)[C@@H](O[C@@H]2O[C@H](CO[C@]3(C(=O)O)C[C@H](O)[C@@H](NC(C)=O)[C@H]([C@H](O)[C@H](O)CO)O3)[C@H](O)[C@H](O)[C@H]2O)[C@@H]1O. The summed E-state index contributed by atoms with van der Waals surface area (Å²) in [5.41, 5.74) is 0. The van der Waals surface area contributed by atoms with Gasteiger partial charge in [0.25, 0.3) is 5.79 Å². The predicted octanol–water partition coefficient (Wildman–Crippen LogP) is -15.8. The van der Waals surface area contributed by atoms with Crippen LogP contribution < -0.4 is 10.6 Å². The minimum Gasteiger partial charge on any atom is -0.477 e. The van der Waals surface area contributed by atoms with E-state index in [2.05, 4.69) is 10.6 Å². The summed E-state index contributed by atoms with van der Waals surface area (Å²) < 4.78 is 74.8. The maximum atomic E-state index is 12.8. The van der Waals surface area contributed by atoms with Gasteiger partial charge in [-0.3, -0.25) is 9.59 Å². The molecular weight excluding hydrogens is 1220 g/mol. The number of carboxylic acid groups (broad SMARTS) is 1.